The lowest BCUT2D eigenvalue weighted by molar-refractivity contribution is 0.203. The van der Waals surface area contributed by atoms with Gasteiger partial charge in [0.25, 0.3) is 0 Å². The minimum absolute atomic E-state index is 0.0392. The summed E-state index contributed by atoms with van der Waals surface area (Å²) >= 11 is 0. The number of hydrogen-bond acceptors (Lipinski definition) is 5. The molecule has 0 saturated carbocycles. The second-order valence-corrected chi connectivity index (χ2v) is 5.99. The molecule has 1 aromatic rings. The van der Waals surface area contributed by atoms with Gasteiger partial charge in [-0.05, 0) is 24.3 Å². The molecule has 18 heavy (non-hydrogen) atoms. The van der Waals surface area contributed by atoms with Crippen LogP contribution in [-0.2, 0) is 14.6 Å². The first-order chi connectivity index (χ1) is 8.49. The largest absolute Gasteiger partial charge is 0.395 e. The van der Waals surface area contributed by atoms with Gasteiger partial charge in [-0.15, -0.1) is 0 Å². The van der Waals surface area contributed by atoms with Crippen LogP contribution in [0.1, 0.15) is 0 Å². The maximum atomic E-state index is 11.3. The second kappa shape index (κ2) is 6.72. The number of anilines is 1. The molecular weight excluding hydrogens is 254 g/mol. The minimum Gasteiger partial charge on any atom is -0.395 e. The zero-order valence-corrected chi connectivity index (χ0v) is 11.5. The molecule has 0 heterocycles. The highest BCUT2D eigenvalue weighted by Gasteiger charge is 2.09. The second-order valence-electron chi connectivity index (χ2n) is 3.97. The van der Waals surface area contributed by atoms with E-state index in [1.165, 1.54) is 6.26 Å². The first-order valence-electron chi connectivity index (χ1n) is 5.64. The zero-order chi connectivity index (χ0) is 13.6. The molecule has 0 aromatic heterocycles. The van der Waals surface area contributed by atoms with E-state index in [4.69, 9.17) is 9.84 Å². The predicted molar refractivity (Wildman–Crippen MR) is 70.7 cm³/mol. The zero-order valence-electron chi connectivity index (χ0n) is 10.7. The van der Waals surface area contributed by atoms with Crippen molar-refractivity contribution in [2.75, 3.05) is 44.6 Å². The van der Waals surface area contributed by atoms with Crippen LogP contribution in [0.15, 0.2) is 29.2 Å². The van der Waals surface area contributed by atoms with Crippen molar-refractivity contribution in [1.29, 1.82) is 0 Å². The van der Waals surface area contributed by atoms with Gasteiger partial charge in [-0.1, -0.05) is 0 Å². The molecule has 0 atom stereocenters. The lowest BCUT2D eigenvalue weighted by Crippen LogP contribution is -2.30. The standard InChI is InChI=1S/C12H19NO4S/c1-17-10-8-13(7-9-14)11-3-5-12(6-4-11)18(2,15)16/h3-6,14H,7-10H2,1-2H3. The van der Waals surface area contributed by atoms with E-state index in [0.29, 0.717) is 24.6 Å². The van der Waals surface area contributed by atoms with Crippen LogP contribution in [-0.4, -0.2) is 53.2 Å². The molecule has 0 aliphatic carbocycles. The molecule has 0 aliphatic rings. The molecule has 0 saturated heterocycles. The molecule has 0 aliphatic heterocycles. The van der Waals surface area contributed by atoms with Crippen molar-refractivity contribution in [3.8, 4) is 0 Å². The Morgan fingerprint density at radius 3 is 2.28 bits per heavy atom. The van der Waals surface area contributed by atoms with E-state index in [1.807, 2.05) is 4.90 Å². The average Bonchev–Trinajstić information content (AvgIpc) is 2.33. The monoisotopic (exact) mass is 273 g/mol. The Bertz CT molecular complexity index is 455. The van der Waals surface area contributed by atoms with Crippen LogP contribution >= 0.6 is 0 Å². The lowest BCUT2D eigenvalue weighted by atomic mass is 10.3. The highest BCUT2D eigenvalue weighted by atomic mass is 32.2. The van der Waals surface area contributed by atoms with Gasteiger partial charge in [-0.25, -0.2) is 8.42 Å². The lowest BCUT2D eigenvalue weighted by Gasteiger charge is -2.23. The Balaban J connectivity index is 2.86. The predicted octanol–water partition coefficient (Wildman–Crippen LogP) is 0.535. The Morgan fingerprint density at radius 2 is 1.83 bits per heavy atom. The Labute approximate surface area is 108 Å². The summed E-state index contributed by atoms with van der Waals surface area (Å²) in [6, 6.07) is 6.62. The molecule has 1 aromatic carbocycles. The van der Waals surface area contributed by atoms with E-state index < -0.39 is 9.84 Å². The third kappa shape index (κ3) is 4.29. The highest BCUT2D eigenvalue weighted by molar-refractivity contribution is 7.90. The van der Waals surface area contributed by atoms with Crippen LogP contribution in [0.4, 0.5) is 5.69 Å². The van der Waals surface area contributed by atoms with Crippen molar-refractivity contribution in [2.24, 2.45) is 0 Å². The molecule has 6 heteroatoms. The van der Waals surface area contributed by atoms with E-state index in [-0.39, 0.29) is 6.61 Å². The average molecular weight is 273 g/mol. The Hall–Kier alpha value is -1.11. The molecule has 0 spiro atoms. The molecule has 1 N–H and O–H groups in total. The number of methoxy groups -OCH3 is 1. The summed E-state index contributed by atoms with van der Waals surface area (Å²) in [5.74, 6) is 0. The van der Waals surface area contributed by atoms with Gasteiger partial charge in [0.05, 0.1) is 18.1 Å². The van der Waals surface area contributed by atoms with Crippen molar-refractivity contribution in [3.63, 3.8) is 0 Å². The van der Waals surface area contributed by atoms with E-state index >= 15 is 0 Å². The highest BCUT2D eigenvalue weighted by Crippen LogP contribution is 2.17. The van der Waals surface area contributed by atoms with Gasteiger partial charge in [0, 0.05) is 32.1 Å². The molecule has 0 unspecified atom stereocenters. The van der Waals surface area contributed by atoms with Crippen LogP contribution in [0.2, 0.25) is 0 Å². The third-order valence-electron chi connectivity index (χ3n) is 2.57. The number of sulfone groups is 1. The van der Waals surface area contributed by atoms with Crippen molar-refractivity contribution in [1.82, 2.24) is 0 Å². The van der Waals surface area contributed by atoms with Gasteiger partial charge in [0.1, 0.15) is 0 Å². The van der Waals surface area contributed by atoms with E-state index in [9.17, 15) is 8.42 Å². The van der Waals surface area contributed by atoms with Crippen LogP contribution in [0.3, 0.4) is 0 Å². The number of aliphatic hydroxyl groups is 1. The third-order valence-corrected chi connectivity index (χ3v) is 3.69. The minimum atomic E-state index is -3.17. The summed E-state index contributed by atoms with van der Waals surface area (Å²) in [7, 11) is -1.55. The summed E-state index contributed by atoms with van der Waals surface area (Å²) in [5, 5.41) is 9.00. The van der Waals surface area contributed by atoms with E-state index in [2.05, 4.69) is 0 Å². The fourth-order valence-corrected chi connectivity index (χ4v) is 2.23. The molecular formula is C12H19NO4S. The Morgan fingerprint density at radius 1 is 1.22 bits per heavy atom. The summed E-state index contributed by atoms with van der Waals surface area (Å²) < 4.78 is 27.7. The maximum absolute atomic E-state index is 11.3. The van der Waals surface area contributed by atoms with Crippen molar-refractivity contribution >= 4 is 15.5 Å². The molecule has 0 bridgehead atoms. The van der Waals surface area contributed by atoms with Crippen molar-refractivity contribution in [3.05, 3.63) is 24.3 Å². The van der Waals surface area contributed by atoms with Gasteiger partial charge >= 0.3 is 0 Å². The van der Waals surface area contributed by atoms with Crippen LogP contribution in [0.25, 0.3) is 0 Å². The van der Waals surface area contributed by atoms with Gasteiger partial charge in [0.2, 0.25) is 0 Å². The van der Waals surface area contributed by atoms with Gasteiger partial charge in [-0.2, -0.15) is 0 Å². The van der Waals surface area contributed by atoms with Crippen LogP contribution in [0.5, 0.6) is 0 Å². The number of benzene rings is 1. The fraction of sp³-hybridized carbons (Fsp3) is 0.500. The number of rotatable bonds is 7. The van der Waals surface area contributed by atoms with Crippen molar-refractivity contribution in [2.45, 2.75) is 4.90 Å². The number of nitrogens with zero attached hydrogens (tertiary/aromatic N) is 1. The Kier molecular flexibility index (Phi) is 5.58. The first kappa shape index (κ1) is 14.9. The quantitative estimate of drug-likeness (QED) is 0.785. The smallest absolute Gasteiger partial charge is 0.175 e. The number of hydrogen-bond donors (Lipinski definition) is 1. The molecule has 5 nitrogen and oxygen atoms in total. The maximum Gasteiger partial charge on any atom is 0.175 e. The summed E-state index contributed by atoms with van der Waals surface area (Å²) in [5.41, 5.74) is 0.869. The number of ether oxygens (including phenoxy) is 1. The molecule has 1 rings (SSSR count). The van der Waals surface area contributed by atoms with E-state index in [1.54, 1.807) is 31.4 Å². The van der Waals surface area contributed by atoms with Crippen LogP contribution < -0.4 is 4.90 Å². The van der Waals surface area contributed by atoms with Gasteiger partial charge in [-0.3, -0.25) is 0 Å². The molecule has 0 fully saturated rings. The van der Waals surface area contributed by atoms with Gasteiger partial charge < -0.3 is 14.7 Å². The fourth-order valence-electron chi connectivity index (χ4n) is 1.60. The molecule has 102 valence electrons. The normalized spacial score (nSPS) is 11.5. The topological polar surface area (TPSA) is 66.8 Å². The van der Waals surface area contributed by atoms with E-state index in [0.717, 1.165) is 5.69 Å². The van der Waals surface area contributed by atoms with Crippen molar-refractivity contribution < 1.29 is 18.3 Å². The summed E-state index contributed by atoms with van der Waals surface area (Å²) in [6.07, 6.45) is 1.18. The summed E-state index contributed by atoms with van der Waals surface area (Å²) in [4.78, 5) is 2.23. The van der Waals surface area contributed by atoms with Gasteiger partial charge in [0.15, 0.2) is 9.84 Å². The SMILES string of the molecule is COCCN(CCO)c1ccc(S(C)(=O)=O)cc1. The summed E-state index contributed by atoms with van der Waals surface area (Å²) in [6.45, 7) is 1.72. The first-order valence-corrected chi connectivity index (χ1v) is 7.53. The number of aliphatic hydroxyl groups excluding tert-OH is 1. The molecule has 0 radical (unpaired) electrons. The molecule has 0 amide bonds. The van der Waals surface area contributed by atoms with Crippen LogP contribution in [0, 0.1) is 0 Å².